The van der Waals surface area contributed by atoms with Crippen molar-refractivity contribution in [3.05, 3.63) is 100 Å². The van der Waals surface area contributed by atoms with Crippen LogP contribution in [-0.2, 0) is 6.61 Å². The van der Waals surface area contributed by atoms with Gasteiger partial charge < -0.3 is 15.4 Å². The summed E-state index contributed by atoms with van der Waals surface area (Å²) in [6, 6.07) is 23.0. The fraction of sp³-hybridized carbons (Fsp3) is 0.136. The molecular weight excluding hydrogens is 370 g/mol. The zero-order valence-electron chi connectivity index (χ0n) is 15.7. The van der Waals surface area contributed by atoms with Crippen LogP contribution < -0.4 is 15.4 Å². The Balaban J connectivity index is 1.45. The summed E-state index contributed by atoms with van der Waals surface area (Å²) in [5.41, 5.74) is 2.37. The highest BCUT2D eigenvalue weighted by atomic mass is 16.6. The summed E-state index contributed by atoms with van der Waals surface area (Å²) >= 11 is 0. The zero-order chi connectivity index (χ0) is 20.5. The number of carbonyl (C=O) groups excluding carboxylic acids is 1. The molecule has 0 saturated heterocycles. The molecule has 3 rings (SSSR count). The second-order valence-corrected chi connectivity index (χ2v) is 6.29. The van der Waals surface area contributed by atoms with Gasteiger partial charge >= 0.3 is 0 Å². The highest BCUT2D eigenvalue weighted by Crippen LogP contribution is 2.16. The number of carbonyl (C=O) groups is 1. The predicted molar refractivity (Wildman–Crippen MR) is 111 cm³/mol. The quantitative estimate of drug-likeness (QED) is 0.326. The van der Waals surface area contributed by atoms with E-state index in [1.165, 1.54) is 12.1 Å². The maximum absolute atomic E-state index is 12.3. The maximum atomic E-state index is 12.3. The first-order valence-corrected chi connectivity index (χ1v) is 9.15. The molecule has 0 aromatic heterocycles. The summed E-state index contributed by atoms with van der Waals surface area (Å²) in [4.78, 5) is 22.5. The van der Waals surface area contributed by atoms with Gasteiger partial charge in [0.2, 0.25) is 0 Å². The fourth-order valence-corrected chi connectivity index (χ4v) is 2.65. The minimum Gasteiger partial charge on any atom is -0.489 e. The number of nitrogens with one attached hydrogen (secondary N) is 2. The number of benzene rings is 3. The van der Waals surface area contributed by atoms with Crippen LogP contribution in [0.15, 0.2) is 78.9 Å². The Kier molecular flexibility index (Phi) is 6.78. The average molecular weight is 391 g/mol. The number of nitro groups is 1. The maximum Gasteiger partial charge on any atom is 0.269 e. The Hall–Kier alpha value is -3.87. The van der Waals surface area contributed by atoms with Gasteiger partial charge in [0.15, 0.2) is 0 Å². The smallest absolute Gasteiger partial charge is 0.269 e. The molecule has 0 bridgehead atoms. The lowest BCUT2D eigenvalue weighted by Crippen LogP contribution is -2.28. The first kappa shape index (κ1) is 19.9. The van der Waals surface area contributed by atoms with Gasteiger partial charge in [-0.05, 0) is 35.9 Å². The van der Waals surface area contributed by atoms with Gasteiger partial charge in [0.1, 0.15) is 12.4 Å². The Morgan fingerprint density at radius 1 is 0.931 bits per heavy atom. The molecule has 0 aliphatic rings. The molecule has 0 unspecified atom stereocenters. The summed E-state index contributed by atoms with van der Waals surface area (Å²) < 4.78 is 5.75. The Morgan fingerprint density at radius 2 is 1.69 bits per heavy atom. The average Bonchev–Trinajstić information content (AvgIpc) is 2.76. The third kappa shape index (κ3) is 6.07. The summed E-state index contributed by atoms with van der Waals surface area (Å²) in [6.45, 7) is 1.34. The second kappa shape index (κ2) is 9.89. The van der Waals surface area contributed by atoms with Crippen molar-refractivity contribution in [2.24, 2.45) is 0 Å². The van der Waals surface area contributed by atoms with Gasteiger partial charge in [-0.1, -0.05) is 36.4 Å². The predicted octanol–water partition coefficient (Wildman–Crippen LogP) is 4.02. The van der Waals surface area contributed by atoms with Gasteiger partial charge in [0, 0.05) is 36.5 Å². The molecule has 3 aromatic carbocycles. The molecule has 3 aromatic rings. The van der Waals surface area contributed by atoms with Crippen molar-refractivity contribution in [1.82, 2.24) is 5.32 Å². The van der Waals surface area contributed by atoms with E-state index in [1.807, 2.05) is 36.4 Å². The van der Waals surface area contributed by atoms with Crippen molar-refractivity contribution >= 4 is 17.3 Å². The van der Waals surface area contributed by atoms with Crippen LogP contribution in [0.3, 0.4) is 0 Å². The van der Waals surface area contributed by atoms with Gasteiger partial charge in [-0.25, -0.2) is 0 Å². The van der Waals surface area contributed by atoms with E-state index in [-0.39, 0.29) is 11.6 Å². The van der Waals surface area contributed by atoms with Gasteiger partial charge in [0.05, 0.1) is 4.92 Å². The number of hydrogen-bond donors (Lipinski definition) is 2. The second-order valence-electron chi connectivity index (χ2n) is 6.29. The van der Waals surface area contributed by atoms with Gasteiger partial charge in [-0.2, -0.15) is 0 Å². The van der Waals surface area contributed by atoms with E-state index < -0.39 is 4.92 Å². The summed E-state index contributed by atoms with van der Waals surface area (Å²) in [5.74, 6) is 0.436. The molecule has 148 valence electrons. The lowest BCUT2D eigenvalue weighted by atomic mass is 10.2. The normalized spacial score (nSPS) is 10.2. The van der Waals surface area contributed by atoms with Crippen LogP contribution >= 0.6 is 0 Å². The molecule has 0 radical (unpaired) electrons. The highest BCUT2D eigenvalue weighted by Gasteiger charge is 2.07. The molecule has 0 saturated carbocycles. The Labute approximate surface area is 168 Å². The number of anilines is 1. The molecule has 2 N–H and O–H groups in total. The van der Waals surface area contributed by atoms with E-state index in [2.05, 4.69) is 10.6 Å². The Morgan fingerprint density at radius 3 is 2.41 bits per heavy atom. The number of ether oxygens (including phenoxy) is 1. The number of non-ortho nitro benzene ring substituents is 1. The van der Waals surface area contributed by atoms with Crippen molar-refractivity contribution in [1.29, 1.82) is 0 Å². The number of hydrogen-bond acceptors (Lipinski definition) is 5. The number of amides is 1. The number of nitro benzene ring substituents is 1. The fourth-order valence-electron chi connectivity index (χ4n) is 2.65. The van der Waals surface area contributed by atoms with Crippen LogP contribution in [0.25, 0.3) is 0 Å². The van der Waals surface area contributed by atoms with Crippen molar-refractivity contribution < 1.29 is 14.5 Å². The minimum absolute atomic E-state index is 0.0400. The standard InChI is InChI=1S/C22H21N3O4/c26-22(24-14-13-23-19-9-11-20(12-10-19)25(27)28)18-7-4-8-21(15-18)29-16-17-5-2-1-3-6-17/h1-12,15,23H,13-14,16H2,(H,24,26). The lowest BCUT2D eigenvalue weighted by molar-refractivity contribution is -0.384. The van der Waals surface area contributed by atoms with Crippen LogP contribution in [-0.4, -0.2) is 23.9 Å². The van der Waals surface area contributed by atoms with E-state index in [0.717, 1.165) is 11.3 Å². The zero-order valence-corrected chi connectivity index (χ0v) is 15.7. The summed E-state index contributed by atoms with van der Waals surface area (Å²) in [7, 11) is 0. The van der Waals surface area contributed by atoms with Crippen LogP contribution in [0.1, 0.15) is 15.9 Å². The third-order valence-electron chi connectivity index (χ3n) is 4.16. The van der Waals surface area contributed by atoms with Gasteiger partial charge in [-0.3, -0.25) is 14.9 Å². The topological polar surface area (TPSA) is 93.5 Å². The van der Waals surface area contributed by atoms with E-state index >= 15 is 0 Å². The first-order chi connectivity index (χ1) is 14.1. The van der Waals surface area contributed by atoms with Crippen molar-refractivity contribution in [2.45, 2.75) is 6.61 Å². The van der Waals surface area contributed by atoms with Crippen LogP contribution in [0.2, 0.25) is 0 Å². The van der Waals surface area contributed by atoms with Gasteiger partial charge in [0.25, 0.3) is 11.6 Å². The molecule has 7 nitrogen and oxygen atoms in total. The van der Waals surface area contributed by atoms with E-state index in [4.69, 9.17) is 4.74 Å². The molecule has 0 heterocycles. The van der Waals surface area contributed by atoms with Crippen LogP contribution in [0.5, 0.6) is 5.75 Å². The van der Waals surface area contributed by atoms with E-state index in [0.29, 0.717) is 31.0 Å². The number of rotatable bonds is 9. The molecule has 0 aliphatic heterocycles. The van der Waals surface area contributed by atoms with Crippen molar-refractivity contribution in [3.63, 3.8) is 0 Å². The molecule has 0 aliphatic carbocycles. The third-order valence-corrected chi connectivity index (χ3v) is 4.16. The molecule has 1 amide bonds. The Bertz CT molecular complexity index is 959. The molecule has 7 heteroatoms. The number of nitrogens with zero attached hydrogens (tertiary/aromatic N) is 1. The largest absolute Gasteiger partial charge is 0.489 e. The van der Waals surface area contributed by atoms with Crippen LogP contribution in [0, 0.1) is 10.1 Å². The SMILES string of the molecule is O=C(NCCNc1ccc([N+](=O)[O-])cc1)c1cccc(OCc2ccccc2)c1. The molecule has 0 spiro atoms. The molecule has 29 heavy (non-hydrogen) atoms. The first-order valence-electron chi connectivity index (χ1n) is 9.15. The summed E-state index contributed by atoms with van der Waals surface area (Å²) in [5, 5.41) is 16.6. The lowest BCUT2D eigenvalue weighted by Gasteiger charge is -2.10. The molecule has 0 atom stereocenters. The highest BCUT2D eigenvalue weighted by molar-refractivity contribution is 5.94. The van der Waals surface area contributed by atoms with Crippen LogP contribution in [0.4, 0.5) is 11.4 Å². The molecule has 0 fully saturated rings. The van der Waals surface area contributed by atoms with Gasteiger partial charge in [-0.15, -0.1) is 0 Å². The van der Waals surface area contributed by atoms with Crippen molar-refractivity contribution in [3.8, 4) is 5.75 Å². The minimum atomic E-state index is -0.443. The molecular formula is C22H21N3O4. The van der Waals surface area contributed by atoms with Crippen molar-refractivity contribution in [2.75, 3.05) is 18.4 Å². The van der Waals surface area contributed by atoms with E-state index in [1.54, 1.807) is 30.3 Å². The van der Waals surface area contributed by atoms with E-state index in [9.17, 15) is 14.9 Å². The summed E-state index contributed by atoms with van der Waals surface area (Å²) in [6.07, 6.45) is 0. The monoisotopic (exact) mass is 391 g/mol.